The van der Waals surface area contributed by atoms with Crippen molar-refractivity contribution in [2.75, 3.05) is 24.6 Å². The highest BCUT2D eigenvalue weighted by molar-refractivity contribution is 7.89. The van der Waals surface area contributed by atoms with Gasteiger partial charge in [-0.3, -0.25) is 9.59 Å². The smallest absolute Gasteiger partial charge is 0.316 e. The molecule has 0 saturated carbocycles. The number of rotatable bonds is 7. The third-order valence-electron chi connectivity index (χ3n) is 5.05. The third-order valence-corrected chi connectivity index (χ3v) is 5.98. The van der Waals surface area contributed by atoms with Gasteiger partial charge in [0.15, 0.2) is 6.61 Å². The maximum atomic E-state index is 12.3. The Kier molecular flexibility index (Phi) is 6.11. The topological polar surface area (TPSA) is 158 Å². The quantitative estimate of drug-likeness (QED) is 0.518. The summed E-state index contributed by atoms with van der Waals surface area (Å²) < 4.78 is 33.2. The molecule has 2 amide bonds. The zero-order valence-electron chi connectivity index (χ0n) is 17.6. The number of amides is 2. The number of nitrogens with one attached hydrogen (secondary N) is 1. The van der Waals surface area contributed by atoms with E-state index in [9.17, 15) is 18.0 Å². The Morgan fingerprint density at radius 1 is 1.21 bits per heavy atom. The molecule has 172 valence electrons. The minimum absolute atomic E-state index is 0.0234. The number of benzene rings is 2. The molecule has 12 heteroatoms. The molecule has 11 nitrogen and oxygen atoms in total. The summed E-state index contributed by atoms with van der Waals surface area (Å²) in [7, 11) is -3.74. The standard InChI is InChI=1S/C21H21N5O6S/c1-2-26-16-8-5-14(11-17(16)31-12-18(26)27)19-24-21(32-25-19)20(28)23-10-9-13-3-6-15(7-4-13)33(22,29)30/h3-8,11H,2,9-10,12H2,1H3,(H,23,28)(H2,22,29,30). The van der Waals surface area contributed by atoms with E-state index in [1.54, 1.807) is 35.2 Å². The van der Waals surface area contributed by atoms with E-state index in [0.717, 1.165) is 5.56 Å². The number of carbonyl (C=O) groups is 2. The number of anilines is 1. The number of primary sulfonamides is 1. The highest BCUT2D eigenvalue weighted by Gasteiger charge is 2.25. The van der Waals surface area contributed by atoms with Crippen molar-refractivity contribution in [3.8, 4) is 17.1 Å². The molecule has 1 aliphatic heterocycles. The molecule has 0 bridgehead atoms. The second-order valence-corrected chi connectivity index (χ2v) is 8.79. The summed E-state index contributed by atoms with van der Waals surface area (Å²) in [5, 5.41) is 11.6. The number of aromatic nitrogens is 2. The molecule has 0 aliphatic carbocycles. The van der Waals surface area contributed by atoms with Crippen LogP contribution in [0.4, 0.5) is 5.69 Å². The molecule has 33 heavy (non-hydrogen) atoms. The van der Waals surface area contributed by atoms with E-state index in [1.165, 1.54) is 12.1 Å². The van der Waals surface area contributed by atoms with Crippen LogP contribution < -0.4 is 20.1 Å². The lowest BCUT2D eigenvalue weighted by molar-refractivity contribution is -0.121. The number of sulfonamides is 1. The van der Waals surface area contributed by atoms with Gasteiger partial charge in [0, 0.05) is 18.7 Å². The van der Waals surface area contributed by atoms with E-state index in [1.807, 2.05) is 6.92 Å². The van der Waals surface area contributed by atoms with Crippen LogP contribution in [0.2, 0.25) is 0 Å². The maximum Gasteiger partial charge on any atom is 0.316 e. The predicted octanol–water partition coefficient (Wildman–Crippen LogP) is 1.10. The Morgan fingerprint density at radius 2 is 1.97 bits per heavy atom. The lowest BCUT2D eigenvalue weighted by atomic mass is 10.1. The van der Waals surface area contributed by atoms with Gasteiger partial charge in [0.25, 0.3) is 5.91 Å². The van der Waals surface area contributed by atoms with E-state index < -0.39 is 15.9 Å². The number of ether oxygens (including phenoxy) is 1. The van der Waals surface area contributed by atoms with Crippen LogP contribution in [-0.2, 0) is 21.2 Å². The molecule has 2 aromatic carbocycles. The van der Waals surface area contributed by atoms with Crippen LogP contribution in [-0.4, -0.2) is 50.1 Å². The van der Waals surface area contributed by atoms with Crippen molar-refractivity contribution in [2.24, 2.45) is 5.14 Å². The lowest BCUT2D eigenvalue weighted by Crippen LogP contribution is -2.38. The Morgan fingerprint density at radius 3 is 2.67 bits per heavy atom. The van der Waals surface area contributed by atoms with Gasteiger partial charge in [0.1, 0.15) is 5.75 Å². The van der Waals surface area contributed by atoms with Crippen molar-refractivity contribution in [2.45, 2.75) is 18.2 Å². The molecule has 0 saturated heterocycles. The summed E-state index contributed by atoms with van der Waals surface area (Å²) in [5.74, 6) is -0.106. The third kappa shape index (κ3) is 4.86. The van der Waals surface area contributed by atoms with Gasteiger partial charge in [-0.2, -0.15) is 4.98 Å². The fourth-order valence-corrected chi connectivity index (χ4v) is 3.88. The van der Waals surface area contributed by atoms with Crippen molar-refractivity contribution in [1.82, 2.24) is 15.5 Å². The van der Waals surface area contributed by atoms with E-state index in [4.69, 9.17) is 14.4 Å². The average Bonchev–Trinajstić information content (AvgIpc) is 3.29. The molecule has 3 N–H and O–H groups in total. The van der Waals surface area contributed by atoms with E-state index in [2.05, 4.69) is 15.5 Å². The molecule has 0 unspecified atom stereocenters. The highest BCUT2D eigenvalue weighted by Crippen LogP contribution is 2.35. The molecule has 3 aromatic rings. The second-order valence-electron chi connectivity index (χ2n) is 7.23. The van der Waals surface area contributed by atoms with E-state index >= 15 is 0 Å². The van der Waals surface area contributed by atoms with Crippen molar-refractivity contribution in [1.29, 1.82) is 0 Å². The molecule has 0 radical (unpaired) electrons. The molecule has 2 heterocycles. The van der Waals surface area contributed by atoms with Gasteiger partial charge in [0.2, 0.25) is 15.8 Å². The number of carbonyl (C=O) groups excluding carboxylic acids is 2. The van der Waals surface area contributed by atoms with Crippen LogP contribution in [0.5, 0.6) is 5.75 Å². The fourth-order valence-electron chi connectivity index (χ4n) is 3.37. The molecule has 0 atom stereocenters. The summed E-state index contributed by atoms with van der Waals surface area (Å²) in [5.41, 5.74) is 2.07. The Labute approximate surface area is 189 Å². The lowest BCUT2D eigenvalue weighted by Gasteiger charge is -2.28. The van der Waals surface area contributed by atoms with Crippen LogP contribution in [0.1, 0.15) is 23.2 Å². The van der Waals surface area contributed by atoms with Gasteiger partial charge in [-0.1, -0.05) is 17.3 Å². The number of nitrogens with two attached hydrogens (primary N) is 1. The molecule has 0 fully saturated rings. The van der Waals surface area contributed by atoms with Crippen molar-refractivity contribution < 1.29 is 27.3 Å². The summed E-state index contributed by atoms with van der Waals surface area (Å²) in [6.07, 6.45) is 0.465. The second kappa shape index (κ2) is 9.00. The fraction of sp³-hybridized carbons (Fsp3) is 0.238. The molecule has 0 spiro atoms. The Balaban J connectivity index is 1.38. The van der Waals surface area contributed by atoms with E-state index in [0.29, 0.717) is 30.0 Å². The number of hydrogen-bond acceptors (Lipinski definition) is 8. The van der Waals surface area contributed by atoms with Crippen LogP contribution in [0.3, 0.4) is 0 Å². The summed E-state index contributed by atoms with van der Waals surface area (Å²) in [6, 6.07) is 11.2. The summed E-state index contributed by atoms with van der Waals surface area (Å²) in [6.45, 7) is 2.63. The number of hydrogen-bond donors (Lipinski definition) is 2. The molecular formula is C21H21N5O6S. The number of likely N-dealkylation sites (N-methyl/N-ethyl adjacent to an activating group) is 1. The van der Waals surface area contributed by atoms with Crippen LogP contribution >= 0.6 is 0 Å². The van der Waals surface area contributed by atoms with Gasteiger partial charge in [-0.25, -0.2) is 13.6 Å². The molecule has 1 aliphatic rings. The number of nitrogens with zero attached hydrogens (tertiary/aromatic N) is 3. The molecular weight excluding hydrogens is 450 g/mol. The first-order valence-electron chi connectivity index (χ1n) is 10.1. The van der Waals surface area contributed by atoms with Crippen molar-refractivity contribution in [3.05, 3.63) is 53.9 Å². The van der Waals surface area contributed by atoms with Crippen molar-refractivity contribution >= 4 is 27.5 Å². The van der Waals surface area contributed by atoms with Gasteiger partial charge in [-0.15, -0.1) is 0 Å². The summed E-state index contributed by atoms with van der Waals surface area (Å²) in [4.78, 5) is 30.1. The highest BCUT2D eigenvalue weighted by atomic mass is 32.2. The largest absolute Gasteiger partial charge is 0.482 e. The van der Waals surface area contributed by atoms with Crippen molar-refractivity contribution in [3.63, 3.8) is 0 Å². The first kappa shape index (κ1) is 22.4. The van der Waals surface area contributed by atoms with E-state index in [-0.39, 0.29) is 35.7 Å². The maximum absolute atomic E-state index is 12.3. The van der Waals surface area contributed by atoms with Crippen LogP contribution in [0, 0.1) is 0 Å². The van der Waals surface area contributed by atoms with Gasteiger partial charge < -0.3 is 19.5 Å². The SMILES string of the molecule is CCN1C(=O)COc2cc(-c3noc(C(=O)NCCc4ccc(S(N)(=O)=O)cc4)n3)ccc21. The number of fused-ring (bicyclic) bond motifs is 1. The normalized spacial score (nSPS) is 13.4. The zero-order valence-corrected chi connectivity index (χ0v) is 18.5. The minimum Gasteiger partial charge on any atom is -0.482 e. The first-order chi connectivity index (χ1) is 15.8. The van der Waals surface area contributed by atoms with Gasteiger partial charge >= 0.3 is 11.8 Å². The molecule has 1 aromatic heterocycles. The minimum atomic E-state index is -3.74. The Hall–Kier alpha value is -3.77. The van der Waals surface area contributed by atoms with Crippen LogP contribution in [0.15, 0.2) is 51.9 Å². The van der Waals surface area contributed by atoms with Gasteiger partial charge in [-0.05, 0) is 49.2 Å². The van der Waals surface area contributed by atoms with Gasteiger partial charge in [0.05, 0.1) is 10.6 Å². The molecule has 4 rings (SSSR count). The Bertz CT molecular complexity index is 1300. The monoisotopic (exact) mass is 471 g/mol. The van der Waals surface area contributed by atoms with Crippen LogP contribution in [0.25, 0.3) is 11.4 Å². The average molecular weight is 471 g/mol. The summed E-state index contributed by atoms with van der Waals surface area (Å²) >= 11 is 0. The zero-order chi connectivity index (χ0) is 23.6. The predicted molar refractivity (Wildman–Crippen MR) is 117 cm³/mol. The first-order valence-corrected chi connectivity index (χ1v) is 11.6.